The number of hydrogen-bond donors (Lipinski definition) is 1. The number of amides is 2. The number of carbonyl (C=O) groups is 2. The molecular formula is C56H67F3N12O3. The van der Waals surface area contributed by atoms with Crippen LogP contribution in [0.25, 0.3) is 11.1 Å². The lowest BCUT2D eigenvalue weighted by Gasteiger charge is -2.63. The number of hydrogen-bond acceptors (Lipinski definition) is 11. The fraction of sp³-hybridized carbons (Fsp3) is 0.554. The molecule has 3 aromatic heterocycles. The van der Waals surface area contributed by atoms with Crippen molar-refractivity contribution < 1.29 is 27.5 Å². The van der Waals surface area contributed by atoms with Crippen LogP contribution >= 0.6 is 0 Å². The smallest absolute Gasteiger partial charge is 0.417 e. The highest BCUT2D eigenvalue weighted by atomic mass is 19.4. The minimum absolute atomic E-state index is 0.0181. The standard InChI is InChI=1S/C56H67F3N12O3/c1-34-23-47-36(24-43(34)39-29-63-66(7)30-39)9-8-19-70(47)48-44-31-68(35(2)72)22-16-46(44)71(65-48)41-14-20-67(21-15-41)40-12-17-55(18-13-40)32-69(33-55)52-61-27-38(28-62-52)49(73)64-50-53(3,4)51(54(50,5)6)74-42-11-10-37(26-60)45(25-42)56(57,58)59/h10-11,23-25,27-30,40-41,50-51H,8-9,12-22,31-33H2,1-7H3,(H,64,73). The molecule has 2 aliphatic carbocycles. The van der Waals surface area contributed by atoms with Crippen LogP contribution in [0.3, 0.4) is 0 Å². The minimum atomic E-state index is -4.70. The van der Waals surface area contributed by atoms with E-state index in [2.05, 4.69) is 65.0 Å². The van der Waals surface area contributed by atoms with Crippen LogP contribution in [0.2, 0.25) is 0 Å². The number of nitrogens with one attached hydrogen (secondary N) is 1. The maximum absolute atomic E-state index is 13.7. The summed E-state index contributed by atoms with van der Waals surface area (Å²) >= 11 is 0. The molecule has 0 radical (unpaired) electrons. The predicted molar refractivity (Wildman–Crippen MR) is 274 cm³/mol. The molecule has 2 saturated carbocycles. The van der Waals surface area contributed by atoms with E-state index in [1.165, 1.54) is 52.5 Å². The predicted octanol–water partition coefficient (Wildman–Crippen LogP) is 8.96. The van der Waals surface area contributed by atoms with E-state index in [0.29, 0.717) is 30.1 Å². The van der Waals surface area contributed by atoms with Gasteiger partial charge < -0.3 is 29.7 Å². The average molecular weight is 1010 g/mol. The Kier molecular flexibility index (Phi) is 12.4. The summed E-state index contributed by atoms with van der Waals surface area (Å²) in [5, 5.41) is 22.3. The zero-order chi connectivity index (χ0) is 52.1. The van der Waals surface area contributed by atoms with Crippen molar-refractivity contribution in [3.05, 3.63) is 94.2 Å². The van der Waals surface area contributed by atoms with E-state index in [0.717, 1.165) is 108 Å². The number of rotatable bonds is 9. The summed E-state index contributed by atoms with van der Waals surface area (Å²) in [4.78, 5) is 44.9. The lowest BCUT2D eigenvalue weighted by atomic mass is 9.49. The highest BCUT2D eigenvalue weighted by molar-refractivity contribution is 5.94. The molecule has 2 saturated heterocycles. The zero-order valence-electron chi connectivity index (χ0n) is 43.6. The van der Waals surface area contributed by atoms with Crippen LogP contribution in [-0.4, -0.2) is 109 Å². The van der Waals surface area contributed by atoms with Crippen LogP contribution in [0.4, 0.5) is 30.6 Å². The average Bonchev–Trinajstić information content (AvgIpc) is 4.01. The Morgan fingerprint density at radius 2 is 1.62 bits per heavy atom. The normalized spacial score (nSPS) is 22.6. The Labute approximate surface area is 431 Å². The van der Waals surface area contributed by atoms with Gasteiger partial charge >= 0.3 is 6.18 Å². The number of benzene rings is 2. The summed E-state index contributed by atoms with van der Waals surface area (Å²) in [5.74, 6) is 1.43. The van der Waals surface area contributed by atoms with Gasteiger partial charge in [-0.25, -0.2) is 9.97 Å². The second kappa shape index (κ2) is 18.4. The van der Waals surface area contributed by atoms with Gasteiger partial charge in [0.05, 0.1) is 41.5 Å². The van der Waals surface area contributed by atoms with Crippen LogP contribution in [-0.2, 0) is 37.4 Å². The molecule has 1 N–H and O–H groups in total. The Morgan fingerprint density at radius 3 is 2.27 bits per heavy atom. The lowest BCUT2D eigenvalue weighted by molar-refractivity contribution is -0.164. The third-order valence-corrected chi connectivity index (χ3v) is 17.7. The molecule has 4 fully saturated rings. The van der Waals surface area contributed by atoms with Gasteiger partial charge in [-0.05, 0) is 105 Å². The number of nitrogens with zero attached hydrogens (tertiary/aromatic N) is 11. The maximum atomic E-state index is 13.7. The van der Waals surface area contributed by atoms with Gasteiger partial charge in [0.2, 0.25) is 11.9 Å². The van der Waals surface area contributed by atoms with E-state index in [1.807, 2.05) is 50.5 Å². The van der Waals surface area contributed by atoms with E-state index < -0.39 is 34.2 Å². The number of fused-ring (bicyclic) bond motifs is 2. The second-order valence-corrected chi connectivity index (χ2v) is 23.3. The molecule has 0 atom stereocenters. The quantitative estimate of drug-likeness (QED) is 0.151. The summed E-state index contributed by atoms with van der Waals surface area (Å²) in [6.07, 6.45) is 11.6. The lowest BCUT2D eigenvalue weighted by Crippen LogP contribution is -2.74. The molecule has 4 aliphatic heterocycles. The number of nitriles is 1. The van der Waals surface area contributed by atoms with Crippen molar-refractivity contribution in [3.63, 3.8) is 0 Å². The summed E-state index contributed by atoms with van der Waals surface area (Å²) < 4.78 is 51.4. The van der Waals surface area contributed by atoms with Crippen LogP contribution < -0.4 is 19.9 Å². The molecule has 74 heavy (non-hydrogen) atoms. The molecule has 2 aromatic carbocycles. The van der Waals surface area contributed by atoms with Gasteiger partial charge in [0.1, 0.15) is 11.9 Å². The van der Waals surface area contributed by atoms with Gasteiger partial charge in [-0.3, -0.25) is 19.0 Å². The van der Waals surface area contributed by atoms with Crippen molar-refractivity contribution in [1.82, 2.24) is 44.6 Å². The highest BCUT2D eigenvalue weighted by Gasteiger charge is 2.64. The first-order valence-electron chi connectivity index (χ1n) is 26.4. The number of anilines is 3. The molecule has 6 aliphatic rings. The number of aryl methyl sites for hydroxylation is 3. The Morgan fingerprint density at radius 1 is 0.905 bits per heavy atom. The summed E-state index contributed by atoms with van der Waals surface area (Å²) in [6, 6.07) is 10.2. The molecule has 2 amide bonds. The van der Waals surface area contributed by atoms with Crippen molar-refractivity contribution in [1.29, 1.82) is 5.26 Å². The molecule has 11 rings (SSSR count). The Bertz CT molecular complexity index is 3010. The topological polar surface area (TPSA) is 154 Å². The fourth-order valence-electron chi connectivity index (χ4n) is 14.0. The first kappa shape index (κ1) is 49.7. The number of halogens is 3. The van der Waals surface area contributed by atoms with Gasteiger partial charge in [-0.1, -0.05) is 27.7 Å². The van der Waals surface area contributed by atoms with Crippen LogP contribution in [0.1, 0.15) is 129 Å². The van der Waals surface area contributed by atoms with Gasteiger partial charge in [0, 0.05) is 129 Å². The van der Waals surface area contributed by atoms with E-state index >= 15 is 0 Å². The van der Waals surface area contributed by atoms with Crippen molar-refractivity contribution in [3.8, 4) is 22.9 Å². The number of ether oxygens (including phenoxy) is 1. The number of aromatic nitrogens is 6. The monoisotopic (exact) mass is 1010 g/mol. The van der Waals surface area contributed by atoms with Crippen molar-refractivity contribution in [2.75, 3.05) is 49.1 Å². The SMILES string of the molecule is CC(=O)N1CCc2c(c(N3CCCc4cc(-c5cnn(C)c5)c(C)cc43)nn2C2CCN(C3CCC4(CC3)CN(c3ncc(C(=O)NC5C(C)(C)C(Oc6ccc(C#N)c(C(F)(F)F)c6)C5(C)C)cn3)C4)CC2)C1. The van der Waals surface area contributed by atoms with Crippen molar-refractivity contribution in [2.24, 2.45) is 23.3 Å². The van der Waals surface area contributed by atoms with Crippen molar-refractivity contribution >= 4 is 29.3 Å². The van der Waals surface area contributed by atoms with Crippen LogP contribution in [0.5, 0.6) is 5.75 Å². The molecule has 7 heterocycles. The highest BCUT2D eigenvalue weighted by Crippen LogP contribution is 2.56. The first-order valence-corrected chi connectivity index (χ1v) is 26.4. The molecule has 0 bridgehead atoms. The molecule has 390 valence electrons. The van der Waals surface area contributed by atoms with Gasteiger partial charge in [-0.2, -0.15) is 28.6 Å². The Hall–Kier alpha value is -6.48. The molecule has 18 heteroatoms. The summed E-state index contributed by atoms with van der Waals surface area (Å²) in [6.45, 7) is 17.6. The molecular weight excluding hydrogens is 946 g/mol. The van der Waals surface area contributed by atoms with Crippen molar-refractivity contribution in [2.45, 2.75) is 136 Å². The second-order valence-electron chi connectivity index (χ2n) is 23.3. The molecule has 15 nitrogen and oxygen atoms in total. The molecule has 5 aromatic rings. The zero-order valence-corrected chi connectivity index (χ0v) is 43.6. The van der Waals surface area contributed by atoms with E-state index in [9.17, 15) is 28.0 Å². The Balaban J connectivity index is 0.683. The van der Waals surface area contributed by atoms with Crippen LogP contribution in [0.15, 0.2) is 55.1 Å². The van der Waals surface area contributed by atoms with Gasteiger partial charge in [0.15, 0.2) is 5.82 Å². The van der Waals surface area contributed by atoms with E-state index in [4.69, 9.17) is 9.84 Å². The molecule has 1 spiro atoms. The maximum Gasteiger partial charge on any atom is 0.417 e. The molecule has 0 unspecified atom stereocenters. The third kappa shape index (κ3) is 8.75. The van der Waals surface area contributed by atoms with E-state index in [-0.39, 0.29) is 29.0 Å². The summed E-state index contributed by atoms with van der Waals surface area (Å²) in [5.41, 5.74) is 6.43. The van der Waals surface area contributed by atoms with Crippen LogP contribution in [0, 0.1) is 34.5 Å². The number of carbonyl (C=O) groups excluding carboxylic acids is 2. The largest absolute Gasteiger partial charge is 0.489 e. The third-order valence-electron chi connectivity index (χ3n) is 17.7. The fourth-order valence-corrected chi connectivity index (χ4v) is 14.0. The number of piperidine rings is 1. The number of likely N-dealkylation sites (tertiary alicyclic amines) is 1. The number of alkyl halides is 3. The van der Waals surface area contributed by atoms with Gasteiger partial charge in [0.25, 0.3) is 5.91 Å². The minimum Gasteiger partial charge on any atom is -0.489 e. The van der Waals surface area contributed by atoms with Gasteiger partial charge in [-0.15, -0.1) is 0 Å². The van der Waals surface area contributed by atoms with E-state index in [1.54, 1.807) is 25.4 Å². The first-order chi connectivity index (χ1) is 35.2. The summed E-state index contributed by atoms with van der Waals surface area (Å²) in [7, 11) is 1.96.